The minimum atomic E-state index is -1.84. The maximum Gasteiger partial charge on any atom is 0.330 e. The molecule has 14 heteroatoms. The molecule has 13 unspecified atom stereocenters. The lowest BCUT2D eigenvalue weighted by Gasteiger charge is -2.40. The zero-order chi connectivity index (χ0) is 34.7. The SMILES string of the molecule is CC(C=CC=CC=CC=CCC(C)OC(=O)C=CC1OC1CC(O)CC1(O)CC(O)C(C(=O)O)CO1)OC1OC(C)C(O)C(N)C1O. The van der Waals surface area contributed by atoms with Crippen LogP contribution in [-0.2, 0) is 33.3 Å². The molecule has 8 N–H and O–H groups in total. The highest BCUT2D eigenvalue weighted by Gasteiger charge is 2.46. The first-order valence-electron chi connectivity index (χ1n) is 15.8. The van der Waals surface area contributed by atoms with Crippen LogP contribution in [0.4, 0.5) is 0 Å². The summed E-state index contributed by atoms with van der Waals surface area (Å²) in [5.74, 6) is -4.72. The molecule has 0 spiro atoms. The molecule has 0 aromatic rings. The third kappa shape index (κ3) is 12.7. The zero-order valence-corrected chi connectivity index (χ0v) is 26.9. The molecule has 3 saturated heterocycles. The van der Waals surface area contributed by atoms with Gasteiger partial charge in [0, 0.05) is 31.8 Å². The molecule has 3 aliphatic heterocycles. The Morgan fingerprint density at radius 3 is 2.40 bits per heavy atom. The van der Waals surface area contributed by atoms with E-state index in [1.165, 1.54) is 6.08 Å². The number of carboxylic acid groups (broad SMARTS) is 1. The summed E-state index contributed by atoms with van der Waals surface area (Å²) >= 11 is 0. The average Bonchev–Trinajstić information content (AvgIpc) is 3.73. The van der Waals surface area contributed by atoms with Crippen molar-refractivity contribution in [2.45, 2.75) is 120 Å². The number of hydrogen-bond acceptors (Lipinski definition) is 13. The van der Waals surface area contributed by atoms with Gasteiger partial charge in [-0.15, -0.1) is 0 Å². The number of epoxide rings is 1. The van der Waals surface area contributed by atoms with Gasteiger partial charge in [0.1, 0.15) is 24.2 Å². The molecule has 0 aromatic heterocycles. The van der Waals surface area contributed by atoms with Gasteiger partial charge in [0.25, 0.3) is 0 Å². The molecule has 3 fully saturated rings. The summed E-state index contributed by atoms with van der Waals surface area (Å²) < 4.78 is 27.2. The van der Waals surface area contributed by atoms with E-state index >= 15 is 0 Å². The molecule has 3 rings (SSSR count). The normalized spacial score (nSPS) is 36.8. The van der Waals surface area contributed by atoms with E-state index in [0.29, 0.717) is 6.42 Å². The van der Waals surface area contributed by atoms with Crippen molar-refractivity contribution >= 4 is 11.9 Å². The predicted molar refractivity (Wildman–Crippen MR) is 167 cm³/mol. The first kappa shape index (κ1) is 38.7. The maximum absolute atomic E-state index is 12.2. The fraction of sp³-hybridized carbons (Fsp3) is 0.636. The van der Waals surface area contributed by atoms with Crippen molar-refractivity contribution in [3.05, 3.63) is 60.8 Å². The van der Waals surface area contributed by atoms with Crippen LogP contribution in [0.1, 0.15) is 46.5 Å². The smallest absolute Gasteiger partial charge is 0.330 e. The summed E-state index contributed by atoms with van der Waals surface area (Å²) in [7, 11) is 0. The van der Waals surface area contributed by atoms with Crippen LogP contribution in [0.3, 0.4) is 0 Å². The van der Waals surface area contributed by atoms with Crippen molar-refractivity contribution in [2.75, 3.05) is 6.61 Å². The lowest BCUT2D eigenvalue weighted by Crippen LogP contribution is -2.61. The van der Waals surface area contributed by atoms with Gasteiger partial charge in [-0.1, -0.05) is 48.6 Å². The van der Waals surface area contributed by atoms with E-state index in [0.717, 1.165) is 0 Å². The average molecular weight is 668 g/mol. The van der Waals surface area contributed by atoms with Crippen molar-refractivity contribution in [3.8, 4) is 0 Å². The van der Waals surface area contributed by atoms with E-state index in [2.05, 4.69) is 0 Å². The molecule has 13 atom stereocenters. The predicted octanol–water partition coefficient (Wildman–Crippen LogP) is 0.367. The van der Waals surface area contributed by atoms with Crippen molar-refractivity contribution < 1.29 is 63.9 Å². The highest BCUT2D eigenvalue weighted by atomic mass is 16.7. The molecule has 0 amide bonds. The van der Waals surface area contributed by atoms with E-state index in [9.17, 15) is 35.1 Å². The third-order valence-corrected chi connectivity index (χ3v) is 8.05. The Balaban J connectivity index is 1.26. The summed E-state index contributed by atoms with van der Waals surface area (Å²) in [5, 5.41) is 59.9. The number of esters is 1. The number of hydrogen-bond donors (Lipinski definition) is 7. The van der Waals surface area contributed by atoms with Crippen molar-refractivity contribution in [1.29, 1.82) is 0 Å². The number of ether oxygens (including phenoxy) is 5. The van der Waals surface area contributed by atoms with Gasteiger partial charge in [0.2, 0.25) is 0 Å². The molecular weight excluding hydrogens is 618 g/mol. The molecule has 264 valence electrons. The number of carbonyl (C=O) groups is 2. The lowest BCUT2D eigenvalue weighted by molar-refractivity contribution is -0.273. The number of nitrogens with two attached hydrogens (primary N) is 1. The molecule has 0 bridgehead atoms. The number of carboxylic acids is 1. The summed E-state index contributed by atoms with van der Waals surface area (Å²) in [4.78, 5) is 23.2. The maximum atomic E-state index is 12.2. The minimum Gasteiger partial charge on any atom is -0.481 e. The molecule has 0 aliphatic carbocycles. The molecule has 3 heterocycles. The Morgan fingerprint density at radius 2 is 1.72 bits per heavy atom. The number of allylic oxidation sites excluding steroid dienone is 6. The summed E-state index contributed by atoms with van der Waals surface area (Å²) in [5.41, 5.74) is 5.82. The van der Waals surface area contributed by atoms with Crippen LogP contribution >= 0.6 is 0 Å². The molecule has 0 aromatic carbocycles. The first-order valence-corrected chi connectivity index (χ1v) is 15.8. The summed E-state index contributed by atoms with van der Waals surface area (Å²) in [6, 6.07) is -0.849. The second kappa shape index (κ2) is 18.1. The number of aliphatic hydroxyl groups excluding tert-OH is 4. The topological polar surface area (TPSA) is 231 Å². The highest BCUT2D eigenvalue weighted by Crippen LogP contribution is 2.34. The lowest BCUT2D eigenvalue weighted by atomic mass is 9.89. The van der Waals surface area contributed by atoms with Gasteiger partial charge in [-0.05, 0) is 26.8 Å². The van der Waals surface area contributed by atoms with Gasteiger partial charge in [-0.25, -0.2) is 4.79 Å². The van der Waals surface area contributed by atoms with Gasteiger partial charge in [0.05, 0.1) is 49.3 Å². The zero-order valence-electron chi connectivity index (χ0n) is 26.9. The highest BCUT2D eigenvalue weighted by molar-refractivity contribution is 5.82. The van der Waals surface area contributed by atoms with E-state index in [1.807, 2.05) is 36.5 Å². The number of aliphatic carboxylic acids is 1. The Bertz CT molecular complexity index is 1170. The van der Waals surface area contributed by atoms with Gasteiger partial charge < -0.3 is 60.1 Å². The fourth-order valence-electron chi connectivity index (χ4n) is 5.22. The molecule has 0 saturated carbocycles. The Kier molecular flexibility index (Phi) is 14.9. The quantitative estimate of drug-likeness (QED) is 0.0510. The summed E-state index contributed by atoms with van der Waals surface area (Å²) in [6.45, 7) is 4.87. The minimum absolute atomic E-state index is 0.157. The van der Waals surface area contributed by atoms with Crippen LogP contribution in [-0.4, -0.2) is 122 Å². The standard InChI is InChI=1S/C33H49NO13/c1-19(11-9-7-5-4-6-8-10-12-20(2)45-32-30(39)28(34)29(38)21(3)46-32)44-27(37)14-13-25-26(47-25)15-22(35)16-33(42)17-24(36)23(18-43-33)31(40)41/h4-10,12-14,19-26,28-30,32,35-36,38-39,42H,11,15-18,34H2,1-3H3,(H,40,41). The van der Waals surface area contributed by atoms with Gasteiger partial charge in [0.15, 0.2) is 12.1 Å². The molecule has 0 radical (unpaired) electrons. The van der Waals surface area contributed by atoms with Gasteiger partial charge in [-0.3, -0.25) is 4.79 Å². The van der Waals surface area contributed by atoms with Crippen LogP contribution in [0.25, 0.3) is 0 Å². The molecular formula is C33H49NO13. The Hall–Kier alpha value is -2.76. The monoisotopic (exact) mass is 667 g/mol. The Morgan fingerprint density at radius 1 is 1.04 bits per heavy atom. The number of carbonyl (C=O) groups excluding carboxylic acids is 1. The second-order valence-electron chi connectivity index (χ2n) is 12.2. The van der Waals surface area contributed by atoms with Crippen molar-refractivity contribution in [1.82, 2.24) is 0 Å². The number of rotatable bonds is 16. The third-order valence-electron chi connectivity index (χ3n) is 8.05. The fourth-order valence-corrected chi connectivity index (χ4v) is 5.22. The van der Waals surface area contributed by atoms with E-state index in [-0.39, 0.29) is 44.2 Å². The van der Waals surface area contributed by atoms with Gasteiger partial charge >= 0.3 is 11.9 Å². The second-order valence-corrected chi connectivity index (χ2v) is 12.2. The van der Waals surface area contributed by atoms with E-state index in [4.69, 9.17) is 34.5 Å². The number of aliphatic hydroxyl groups is 5. The molecule has 14 nitrogen and oxygen atoms in total. The van der Waals surface area contributed by atoms with Crippen LogP contribution in [0.15, 0.2) is 60.8 Å². The van der Waals surface area contributed by atoms with Crippen molar-refractivity contribution in [2.24, 2.45) is 11.7 Å². The van der Waals surface area contributed by atoms with E-state index < -0.39 is 72.6 Å². The van der Waals surface area contributed by atoms with Crippen molar-refractivity contribution in [3.63, 3.8) is 0 Å². The van der Waals surface area contributed by atoms with Crippen LogP contribution in [0.2, 0.25) is 0 Å². The van der Waals surface area contributed by atoms with Crippen LogP contribution < -0.4 is 5.73 Å². The van der Waals surface area contributed by atoms with Gasteiger partial charge in [-0.2, -0.15) is 0 Å². The summed E-state index contributed by atoms with van der Waals surface area (Å²) in [6.07, 6.45) is 10.1. The largest absolute Gasteiger partial charge is 0.481 e. The Labute approximate surface area is 274 Å². The van der Waals surface area contributed by atoms with Crippen LogP contribution in [0, 0.1) is 5.92 Å². The molecule has 3 aliphatic rings. The molecule has 47 heavy (non-hydrogen) atoms. The first-order chi connectivity index (χ1) is 22.2. The van der Waals surface area contributed by atoms with Crippen LogP contribution in [0.5, 0.6) is 0 Å². The van der Waals surface area contributed by atoms with E-state index in [1.54, 1.807) is 39.0 Å².